The lowest BCUT2D eigenvalue weighted by Gasteiger charge is -2.39. The highest BCUT2D eigenvalue weighted by Crippen LogP contribution is 2.28. The maximum atomic E-state index is 10.0. The molecule has 128 valence electrons. The van der Waals surface area contributed by atoms with Crippen LogP contribution in [0, 0.1) is 0 Å². The van der Waals surface area contributed by atoms with Gasteiger partial charge >= 0.3 is 0 Å². The monoisotopic (exact) mass is 336 g/mol. The molecule has 4 rings (SSSR count). The highest BCUT2D eigenvalue weighted by Gasteiger charge is 2.31. The van der Waals surface area contributed by atoms with Crippen LogP contribution in [0.15, 0.2) is 48.8 Å². The highest BCUT2D eigenvalue weighted by atomic mass is 16.3. The first kappa shape index (κ1) is 15.7. The maximum Gasteiger partial charge on any atom is 0.161 e. The normalized spacial score (nSPS) is 15.2. The van der Waals surface area contributed by atoms with Gasteiger partial charge < -0.3 is 10.0 Å². The standard InChI is InChI=1S/C18H20N6O/c1-18(2,25)15-12-24(22-21-15)14-10-23(11-14)16-8-9-19-17(20-16)13-6-4-3-5-7-13/h3-9,12,14,25H,10-11H2,1-2H3. The van der Waals surface area contributed by atoms with Crippen LogP contribution in [0.2, 0.25) is 0 Å². The van der Waals surface area contributed by atoms with Crippen LogP contribution in [-0.2, 0) is 5.60 Å². The zero-order chi connectivity index (χ0) is 17.4. The second kappa shape index (κ2) is 5.93. The zero-order valence-corrected chi connectivity index (χ0v) is 14.2. The first-order valence-electron chi connectivity index (χ1n) is 8.29. The molecule has 1 aromatic carbocycles. The largest absolute Gasteiger partial charge is 0.384 e. The van der Waals surface area contributed by atoms with Gasteiger partial charge in [0.2, 0.25) is 0 Å². The van der Waals surface area contributed by atoms with Crippen molar-refractivity contribution >= 4 is 5.82 Å². The predicted molar refractivity (Wildman–Crippen MR) is 94.0 cm³/mol. The summed E-state index contributed by atoms with van der Waals surface area (Å²) >= 11 is 0. The van der Waals surface area contributed by atoms with Gasteiger partial charge in [-0.1, -0.05) is 35.5 Å². The van der Waals surface area contributed by atoms with Crippen LogP contribution in [0.3, 0.4) is 0 Å². The van der Waals surface area contributed by atoms with Gasteiger partial charge in [0.05, 0.1) is 12.2 Å². The number of nitrogens with zero attached hydrogens (tertiary/aromatic N) is 6. The van der Waals surface area contributed by atoms with E-state index in [-0.39, 0.29) is 6.04 Å². The molecule has 2 aromatic heterocycles. The fourth-order valence-corrected chi connectivity index (χ4v) is 2.80. The fourth-order valence-electron chi connectivity index (χ4n) is 2.80. The molecule has 7 nitrogen and oxygen atoms in total. The van der Waals surface area contributed by atoms with Crippen LogP contribution < -0.4 is 4.90 Å². The van der Waals surface area contributed by atoms with Crippen molar-refractivity contribution in [3.05, 3.63) is 54.5 Å². The molecule has 25 heavy (non-hydrogen) atoms. The van der Waals surface area contributed by atoms with E-state index < -0.39 is 5.60 Å². The average Bonchev–Trinajstić information content (AvgIpc) is 3.05. The lowest BCUT2D eigenvalue weighted by molar-refractivity contribution is 0.0737. The van der Waals surface area contributed by atoms with Crippen LogP contribution in [0.25, 0.3) is 11.4 Å². The van der Waals surface area contributed by atoms with E-state index in [2.05, 4.69) is 25.2 Å². The van der Waals surface area contributed by atoms with E-state index in [0.717, 1.165) is 30.3 Å². The minimum Gasteiger partial charge on any atom is -0.384 e. The third kappa shape index (κ3) is 3.10. The summed E-state index contributed by atoms with van der Waals surface area (Å²) in [5.41, 5.74) is 0.616. The Morgan fingerprint density at radius 3 is 2.56 bits per heavy atom. The molecule has 0 amide bonds. The van der Waals surface area contributed by atoms with E-state index in [1.807, 2.05) is 47.3 Å². The quantitative estimate of drug-likeness (QED) is 0.785. The van der Waals surface area contributed by atoms with Crippen molar-refractivity contribution < 1.29 is 5.11 Å². The smallest absolute Gasteiger partial charge is 0.161 e. The average molecular weight is 336 g/mol. The molecule has 0 unspecified atom stereocenters. The number of anilines is 1. The van der Waals surface area contributed by atoms with Crippen molar-refractivity contribution in [2.45, 2.75) is 25.5 Å². The van der Waals surface area contributed by atoms with Gasteiger partial charge in [-0.15, -0.1) is 5.10 Å². The predicted octanol–water partition coefficient (Wildman–Crippen LogP) is 2.02. The summed E-state index contributed by atoms with van der Waals surface area (Å²) in [5, 5.41) is 18.2. The Morgan fingerprint density at radius 1 is 1.12 bits per heavy atom. The SMILES string of the molecule is CC(C)(O)c1cn(C2CN(c3ccnc(-c4ccccc4)n3)C2)nn1. The van der Waals surface area contributed by atoms with Gasteiger partial charge in [-0.2, -0.15) is 0 Å². The van der Waals surface area contributed by atoms with Gasteiger partial charge in [0.1, 0.15) is 17.1 Å². The van der Waals surface area contributed by atoms with Gasteiger partial charge in [-0.3, -0.25) is 0 Å². The zero-order valence-electron chi connectivity index (χ0n) is 14.2. The first-order valence-corrected chi connectivity index (χ1v) is 8.29. The van der Waals surface area contributed by atoms with E-state index in [1.54, 1.807) is 20.0 Å². The highest BCUT2D eigenvalue weighted by molar-refractivity contribution is 5.57. The molecule has 0 aliphatic carbocycles. The maximum absolute atomic E-state index is 10.0. The van der Waals surface area contributed by atoms with Gasteiger partial charge in [0, 0.05) is 24.8 Å². The molecular weight excluding hydrogens is 316 g/mol. The minimum absolute atomic E-state index is 0.235. The number of hydrogen-bond acceptors (Lipinski definition) is 6. The molecule has 0 saturated carbocycles. The Morgan fingerprint density at radius 2 is 1.88 bits per heavy atom. The molecule has 1 fully saturated rings. The molecule has 3 heterocycles. The van der Waals surface area contributed by atoms with Crippen molar-refractivity contribution in [1.82, 2.24) is 25.0 Å². The van der Waals surface area contributed by atoms with E-state index >= 15 is 0 Å². The molecule has 0 bridgehead atoms. The third-order valence-corrected chi connectivity index (χ3v) is 4.37. The number of rotatable bonds is 4. The summed E-state index contributed by atoms with van der Waals surface area (Å²) in [6.45, 7) is 5.03. The van der Waals surface area contributed by atoms with Gasteiger partial charge in [-0.25, -0.2) is 14.6 Å². The molecule has 3 aromatic rings. The van der Waals surface area contributed by atoms with Gasteiger partial charge in [0.25, 0.3) is 0 Å². The van der Waals surface area contributed by atoms with Crippen LogP contribution >= 0.6 is 0 Å². The number of benzene rings is 1. The molecule has 1 aliphatic rings. The van der Waals surface area contributed by atoms with Gasteiger partial charge in [-0.05, 0) is 19.9 Å². The van der Waals surface area contributed by atoms with E-state index in [4.69, 9.17) is 0 Å². The molecular formula is C18H20N6O. The lowest BCUT2D eigenvalue weighted by atomic mass is 10.1. The summed E-state index contributed by atoms with van der Waals surface area (Å²) in [6.07, 6.45) is 3.61. The van der Waals surface area contributed by atoms with Crippen LogP contribution in [0.5, 0.6) is 0 Å². The van der Waals surface area contributed by atoms with Gasteiger partial charge in [0.15, 0.2) is 5.82 Å². The Balaban J connectivity index is 1.47. The Kier molecular flexibility index (Phi) is 3.73. The summed E-state index contributed by atoms with van der Waals surface area (Å²) in [6, 6.07) is 12.1. The number of aromatic nitrogens is 5. The molecule has 1 aliphatic heterocycles. The number of hydrogen-bond donors (Lipinski definition) is 1. The van der Waals surface area contributed by atoms with Crippen LogP contribution in [0.1, 0.15) is 25.6 Å². The lowest BCUT2D eigenvalue weighted by Crippen LogP contribution is -2.48. The van der Waals surface area contributed by atoms with Crippen LogP contribution in [0.4, 0.5) is 5.82 Å². The molecule has 0 spiro atoms. The minimum atomic E-state index is -0.973. The molecule has 0 radical (unpaired) electrons. The van der Waals surface area contributed by atoms with Crippen molar-refractivity contribution in [1.29, 1.82) is 0 Å². The van der Waals surface area contributed by atoms with E-state index in [0.29, 0.717) is 5.69 Å². The molecule has 1 N–H and O–H groups in total. The topological polar surface area (TPSA) is 80.0 Å². The number of aliphatic hydroxyl groups is 1. The summed E-state index contributed by atoms with van der Waals surface area (Å²) in [5.74, 6) is 1.64. The van der Waals surface area contributed by atoms with E-state index in [9.17, 15) is 5.11 Å². The second-order valence-corrected chi connectivity index (χ2v) is 6.81. The first-order chi connectivity index (χ1) is 12.0. The second-order valence-electron chi connectivity index (χ2n) is 6.81. The van der Waals surface area contributed by atoms with Crippen LogP contribution in [-0.4, -0.2) is 43.2 Å². The van der Waals surface area contributed by atoms with Crippen molar-refractivity contribution in [3.63, 3.8) is 0 Å². The molecule has 0 atom stereocenters. The molecule has 1 saturated heterocycles. The fraction of sp³-hybridized carbons (Fsp3) is 0.333. The summed E-state index contributed by atoms with van der Waals surface area (Å²) in [4.78, 5) is 11.2. The van der Waals surface area contributed by atoms with Crippen molar-refractivity contribution in [3.8, 4) is 11.4 Å². The Hall–Kier alpha value is -2.80. The molecule has 7 heteroatoms. The van der Waals surface area contributed by atoms with E-state index in [1.165, 1.54) is 0 Å². The third-order valence-electron chi connectivity index (χ3n) is 4.37. The summed E-state index contributed by atoms with van der Waals surface area (Å²) < 4.78 is 1.82. The summed E-state index contributed by atoms with van der Waals surface area (Å²) in [7, 11) is 0. The Bertz CT molecular complexity index is 865. The van der Waals surface area contributed by atoms with Crippen molar-refractivity contribution in [2.75, 3.05) is 18.0 Å². The Labute approximate surface area is 146 Å². The van der Waals surface area contributed by atoms with Crippen molar-refractivity contribution in [2.24, 2.45) is 0 Å².